The second kappa shape index (κ2) is 6.24. The molecule has 1 atom stereocenters. The molecular formula is C16H25NO. The molecule has 1 aliphatic carbocycles. The Morgan fingerprint density at radius 1 is 1.28 bits per heavy atom. The highest BCUT2D eigenvalue weighted by Gasteiger charge is 2.25. The monoisotopic (exact) mass is 247 g/mol. The third-order valence-corrected chi connectivity index (χ3v) is 4.46. The fraction of sp³-hybridized carbons (Fsp3) is 0.625. The number of methoxy groups -OCH3 is 1. The first-order chi connectivity index (χ1) is 8.74. The predicted molar refractivity (Wildman–Crippen MR) is 75.7 cm³/mol. The molecule has 1 aromatic rings. The molecule has 0 saturated heterocycles. The van der Waals surface area contributed by atoms with Crippen LogP contribution in [0.4, 0.5) is 0 Å². The van der Waals surface area contributed by atoms with Crippen molar-refractivity contribution in [3.63, 3.8) is 0 Å². The van der Waals surface area contributed by atoms with E-state index in [0.717, 1.165) is 11.7 Å². The molecule has 100 valence electrons. The first-order valence-electron chi connectivity index (χ1n) is 7.14. The van der Waals surface area contributed by atoms with Crippen LogP contribution < -0.4 is 10.5 Å². The zero-order valence-electron chi connectivity index (χ0n) is 11.6. The fourth-order valence-corrected chi connectivity index (χ4v) is 3.08. The van der Waals surface area contributed by atoms with E-state index in [1.807, 2.05) is 12.1 Å². The first-order valence-corrected chi connectivity index (χ1v) is 7.14. The predicted octanol–water partition coefficient (Wildman–Crippen LogP) is 3.91. The van der Waals surface area contributed by atoms with Crippen LogP contribution in [-0.2, 0) is 0 Å². The molecule has 0 amide bonds. The van der Waals surface area contributed by atoms with Gasteiger partial charge >= 0.3 is 0 Å². The molecule has 2 N–H and O–H groups in total. The van der Waals surface area contributed by atoms with E-state index in [4.69, 9.17) is 10.5 Å². The summed E-state index contributed by atoms with van der Waals surface area (Å²) in [6, 6.07) is 8.38. The lowest BCUT2D eigenvalue weighted by Gasteiger charge is -2.32. The maximum absolute atomic E-state index is 6.42. The third kappa shape index (κ3) is 3.05. The van der Waals surface area contributed by atoms with Crippen LogP contribution in [0.25, 0.3) is 0 Å². The van der Waals surface area contributed by atoms with Crippen molar-refractivity contribution in [2.75, 3.05) is 7.11 Å². The molecule has 0 bridgehead atoms. The molecule has 0 heterocycles. The second-order valence-electron chi connectivity index (χ2n) is 5.49. The molecular weight excluding hydrogens is 222 g/mol. The number of hydrogen-bond donors (Lipinski definition) is 1. The zero-order chi connectivity index (χ0) is 13.0. The Labute approximate surface area is 111 Å². The molecule has 1 aromatic carbocycles. The standard InChI is InChI=1S/C16H25NO/c1-3-12-7-9-13(10-8-12)16(17)14-5-4-6-15(11-14)18-2/h4-6,11-13,16H,3,7-10,17H2,1-2H3. The first kappa shape index (κ1) is 13.4. The Hall–Kier alpha value is -1.02. The fourth-order valence-electron chi connectivity index (χ4n) is 3.08. The minimum Gasteiger partial charge on any atom is -0.497 e. The van der Waals surface area contributed by atoms with Gasteiger partial charge in [0.2, 0.25) is 0 Å². The van der Waals surface area contributed by atoms with Gasteiger partial charge in [-0.05, 0) is 42.4 Å². The second-order valence-corrected chi connectivity index (χ2v) is 5.49. The third-order valence-electron chi connectivity index (χ3n) is 4.46. The largest absolute Gasteiger partial charge is 0.497 e. The Kier molecular flexibility index (Phi) is 4.65. The van der Waals surface area contributed by atoms with Gasteiger partial charge in [-0.25, -0.2) is 0 Å². The normalized spacial score (nSPS) is 25.7. The quantitative estimate of drug-likeness (QED) is 0.875. The molecule has 1 fully saturated rings. The maximum atomic E-state index is 6.42. The van der Waals surface area contributed by atoms with E-state index in [2.05, 4.69) is 19.1 Å². The van der Waals surface area contributed by atoms with Crippen LogP contribution in [0.5, 0.6) is 5.75 Å². The van der Waals surface area contributed by atoms with Crippen LogP contribution >= 0.6 is 0 Å². The molecule has 1 saturated carbocycles. The Balaban J connectivity index is 2.00. The lowest BCUT2D eigenvalue weighted by molar-refractivity contribution is 0.239. The Morgan fingerprint density at radius 2 is 2.00 bits per heavy atom. The van der Waals surface area contributed by atoms with Gasteiger partial charge in [0.05, 0.1) is 7.11 Å². The smallest absolute Gasteiger partial charge is 0.119 e. The molecule has 18 heavy (non-hydrogen) atoms. The van der Waals surface area contributed by atoms with Crippen molar-refractivity contribution in [2.24, 2.45) is 17.6 Å². The summed E-state index contributed by atoms with van der Waals surface area (Å²) in [5.74, 6) is 2.48. The van der Waals surface area contributed by atoms with E-state index in [9.17, 15) is 0 Å². The highest BCUT2D eigenvalue weighted by Crippen LogP contribution is 2.37. The highest BCUT2D eigenvalue weighted by atomic mass is 16.5. The number of hydrogen-bond acceptors (Lipinski definition) is 2. The summed E-state index contributed by atoms with van der Waals surface area (Å²) in [5.41, 5.74) is 7.64. The van der Waals surface area contributed by atoms with Gasteiger partial charge in [-0.2, -0.15) is 0 Å². The molecule has 0 spiro atoms. The molecule has 0 radical (unpaired) electrons. The van der Waals surface area contributed by atoms with Crippen molar-refractivity contribution in [3.8, 4) is 5.75 Å². The summed E-state index contributed by atoms with van der Waals surface area (Å²) >= 11 is 0. The average Bonchev–Trinajstić information content (AvgIpc) is 2.46. The van der Waals surface area contributed by atoms with Crippen molar-refractivity contribution in [1.82, 2.24) is 0 Å². The average molecular weight is 247 g/mol. The SMILES string of the molecule is CCC1CCC(C(N)c2cccc(OC)c2)CC1. The lowest BCUT2D eigenvalue weighted by Crippen LogP contribution is -2.25. The Bertz CT molecular complexity index is 369. The van der Waals surface area contributed by atoms with Crippen molar-refractivity contribution in [3.05, 3.63) is 29.8 Å². The molecule has 2 heteroatoms. The summed E-state index contributed by atoms with van der Waals surface area (Å²) in [7, 11) is 1.71. The highest BCUT2D eigenvalue weighted by molar-refractivity contribution is 5.30. The minimum atomic E-state index is 0.165. The van der Waals surface area contributed by atoms with Crippen LogP contribution in [0.3, 0.4) is 0 Å². The topological polar surface area (TPSA) is 35.2 Å². The van der Waals surface area contributed by atoms with E-state index < -0.39 is 0 Å². The van der Waals surface area contributed by atoms with Gasteiger partial charge in [-0.15, -0.1) is 0 Å². The van der Waals surface area contributed by atoms with Gasteiger partial charge in [0.15, 0.2) is 0 Å². The van der Waals surface area contributed by atoms with Crippen molar-refractivity contribution < 1.29 is 4.74 Å². The molecule has 0 aromatic heterocycles. The van der Waals surface area contributed by atoms with Gasteiger partial charge in [-0.1, -0.05) is 38.3 Å². The number of benzene rings is 1. The summed E-state index contributed by atoms with van der Waals surface area (Å²) in [5, 5.41) is 0. The van der Waals surface area contributed by atoms with Gasteiger partial charge in [0.1, 0.15) is 5.75 Å². The van der Waals surface area contributed by atoms with E-state index in [-0.39, 0.29) is 6.04 Å². The molecule has 2 rings (SSSR count). The van der Waals surface area contributed by atoms with Gasteiger partial charge in [0.25, 0.3) is 0 Å². The number of ether oxygens (including phenoxy) is 1. The van der Waals surface area contributed by atoms with Crippen molar-refractivity contribution >= 4 is 0 Å². The van der Waals surface area contributed by atoms with Crippen LogP contribution in [0, 0.1) is 11.8 Å². The van der Waals surface area contributed by atoms with E-state index in [1.54, 1.807) is 7.11 Å². The van der Waals surface area contributed by atoms with E-state index in [1.165, 1.54) is 37.7 Å². The summed E-state index contributed by atoms with van der Waals surface area (Å²) in [6.07, 6.45) is 6.56. The van der Waals surface area contributed by atoms with Crippen molar-refractivity contribution in [2.45, 2.75) is 45.1 Å². The Morgan fingerprint density at radius 3 is 2.61 bits per heavy atom. The van der Waals surface area contributed by atoms with Gasteiger partial charge < -0.3 is 10.5 Å². The summed E-state index contributed by atoms with van der Waals surface area (Å²) in [6.45, 7) is 2.30. The molecule has 0 aliphatic heterocycles. The minimum absolute atomic E-state index is 0.165. The van der Waals surface area contributed by atoms with E-state index >= 15 is 0 Å². The number of rotatable bonds is 4. The van der Waals surface area contributed by atoms with Crippen LogP contribution in [0.1, 0.15) is 50.6 Å². The molecule has 2 nitrogen and oxygen atoms in total. The van der Waals surface area contributed by atoms with E-state index in [0.29, 0.717) is 5.92 Å². The van der Waals surface area contributed by atoms with Crippen molar-refractivity contribution in [1.29, 1.82) is 0 Å². The zero-order valence-corrected chi connectivity index (χ0v) is 11.6. The lowest BCUT2D eigenvalue weighted by atomic mass is 9.76. The van der Waals surface area contributed by atoms with Crippen LogP contribution in [0.15, 0.2) is 24.3 Å². The number of nitrogens with two attached hydrogens (primary N) is 1. The van der Waals surface area contributed by atoms with Crippen LogP contribution in [0.2, 0.25) is 0 Å². The van der Waals surface area contributed by atoms with Gasteiger partial charge in [0, 0.05) is 6.04 Å². The molecule has 1 aliphatic rings. The summed E-state index contributed by atoms with van der Waals surface area (Å²) in [4.78, 5) is 0. The maximum Gasteiger partial charge on any atom is 0.119 e. The molecule has 1 unspecified atom stereocenters. The van der Waals surface area contributed by atoms with Gasteiger partial charge in [-0.3, -0.25) is 0 Å². The van der Waals surface area contributed by atoms with Crippen LogP contribution in [-0.4, -0.2) is 7.11 Å². The summed E-state index contributed by atoms with van der Waals surface area (Å²) < 4.78 is 5.27.